The summed E-state index contributed by atoms with van der Waals surface area (Å²) in [5, 5.41) is 0. The van der Waals surface area contributed by atoms with Crippen LogP contribution < -0.4 is 0 Å². The smallest absolute Gasteiger partial charge is 0.338 e. The molecule has 2 heteroatoms. The third kappa shape index (κ3) is 1.82. The standard InChI is InChI=1S/C15H12O2/c16-15-14-7-6-12(10-13(14)8-9-17-15)11-4-2-1-3-5-11/h1-7,10H,8-9H2. The van der Waals surface area contributed by atoms with Crippen LogP contribution in [0.4, 0.5) is 0 Å². The zero-order chi connectivity index (χ0) is 11.7. The summed E-state index contributed by atoms with van der Waals surface area (Å²) in [6.07, 6.45) is 0.807. The first-order valence-corrected chi connectivity index (χ1v) is 5.70. The molecule has 2 aromatic carbocycles. The fraction of sp³-hybridized carbons (Fsp3) is 0.133. The van der Waals surface area contributed by atoms with Crippen molar-refractivity contribution in [1.82, 2.24) is 0 Å². The largest absolute Gasteiger partial charge is 0.462 e. The van der Waals surface area contributed by atoms with Crippen LogP contribution in [0.2, 0.25) is 0 Å². The normalized spacial score (nSPS) is 14.0. The van der Waals surface area contributed by atoms with Crippen LogP contribution in [-0.4, -0.2) is 12.6 Å². The monoisotopic (exact) mass is 224 g/mol. The molecule has 0 fully saturated rings. The molecule has 0 aliphatic carbocycles. The van der Waals surface area contributed by atoms with Crippen molar-refractivity contribution >= 4 is 5.97 Å². The second kappa shape index (κ2) is 4.06. The zero-order valence-corrected chi connectivity index (χ0v) is 9.35. The summed E-state index contributed by atoms with van der Waals surface area (Å²) in [5.41, 5.74) is 4.12. The minimum Gasteiger partial charge on any atom is -0.462 e. The maximum atomic E-state index is 11.5. The summed E-state index contributed by atoms with van der Waals surface area (Å²) >= 11 is 0. The molecule has 0 saturated heterocycles. The minimum atomic E-state index is -0.203. The molecule has 0 bridgehead atoms. The highest BCUT2D eigenvalue weighted by Gasteiger charge is 2.18. The summed E-state index contributed by atoms with van der Waals surface area (Å²) in [5.74, 6) is -0.203. The van der Waals surface area contributed by atoms with Crippen LogP contribution in [0, 0.1) is 0 Å². The number of carbonyl (C=O) groups is 1. The molecule has 84 valence electrons. The van der Waals surface area contributed by atoms with Gasteiger partial charge in [0.05, 0.1) is 12.2 Å². The molecule has 0 saturated carbocycles. The van der Waals surface area contributed by atoms with E-state index in [4.69, 9.17) is 4.74 Å². The molecule has 0 N–H and O–H groups in total. The lowest BCUT2D eigenvalue weighted by molar-refractivity contribution is 0.0480. The van der Waals surface area contributed by atoms with Gasteiger partial charge in [-0.25, -0.2) is 4.79 Å². The lowest BCUT2D eigenvalue weighted by Crippen LogP contribution is -2.17. The highest BCUT2D eigenvalue weighted by Crippen LogP contribution is 2.25. The van der Waals surface area contributed by atoms with Crippen LogP contribution in [0.3, 0.4) is 0 Å². The number of esters is 1. The van der Waals surface area contributed by atoms with E-state index in [9.17, 15) is 4.79 Å². The highest BCUT2D eigenvalue weighted by molar-refractivity contribution is 5.92. The van der Waals surface area contributed by atoms with Crippen LogP contribution in [0.1, 0.15) is 15.9 Å². The lowest BCUT2D eigenvalue weighted by atomic mass is 9.96. The molecule has 1 heterocycles. The van der Waals surface area contributed by atoms with Gasteiger partial charge in [0.1, 0.15) is 0 Å². The van der Waals surface area contributed by atoms with Crippen molar-refractivity contribution in [2.24, 2.45) is 0 Å². The maximum absolute atomic E-state index is 11.5. The van der Waals surface area contributed by atoms with E-state index < -0.39 is 0 Å². The number of fused-ring (bicyclic) bond motifs is 1. The number of ether oxygens (including phenoxy) is 1. The van der Waals surface area contributed by atoms with Crippen LogP contribution in [0.5, 0.6) is 0 Å². The Hall–Kier alpha value is -2.09. The number of benzene rings is 2. The molecule has 1 aliphatic rings. The molecule has 0 radical (unpaired) electrons. The average Bonchev–Trinajstić information content (AvgIpc) is 2.40. The molecule has 2 nitrogen and oxygen atoms in total. The predicted molar refractivity (Wildman–Crippen MR) is 65.9 cm³/mol. The number of rotatable bonds is 1. The summed E-state index contributed by atoms with van der Waals surface area (Å²) in [6.45, 7) is 0.490. The van der Waals surface area contributed by atoms with Gasteiger partial charge in [-0.15, -0.1) is 0 Å². The quantitative estimate of drug-likeness (QED) is 0.696. The van der Waals surface area contributed by atoms with Crippen LogP contribution in [0.25, 0.3) is 11.1 Å². The molecule has 0 atom stereocenters. The lowest BCUT2D eigenvalue weighted by Gasteiger charge is -2.16. The van der Waals surface area contributed by atoms with E-state index in [2.05, 4.69) is 18.2 Å². The summed E-state index contributed by atoms with van der Waals surface area (Å²) < 4.78 is 5.01. The van der Waals surface area contributed by atoms with Gasteiger partial charge in [-0.1, -0.05) is 42.5 Å². The fourth-order valence-corrected chi connectivity index (χ4v) is 2.14. The molecular weight excluding hydrogens is 212 g/mol. The molecule has 0 unspecified atom stereocenters. The van der Waals surface area contributed by atoms with Crippen molar-refractivity contribution < 1.29 is 9.53 Å². The molecule has 17 heavy (non-hydrogen) atoms. The van der Waals surface area contributed by atoms with Gasteiger partial charge in [0.15, 0.2) is 0 Å². The molecule has 1 aliphatic heterocycles. The van der Waals surface area contributed by atoms with E-state index in [0.717, 1.165) is 17.5 Å². The van der Waals surface area contributed by atoms with Crippen molar-refractivity contribution in [3.63, 3.8) is 0 Å². The highest BCUT2D eigenvalue weighted by atomic mass is 16.5. The van der Waals surface area contributed by atoms with Gasteiger partial charge in [-0.05, 0) is 22.8 Å². The molecule has 3 rings (SSSR count). The number of hydrogen-bond acceptors (Lipinski definition) is 2. The van der Waals surface area contributed by atoms with E-state index in [-0.39, 0.29) is 5.97 Å². The van der Waals surface area contributed by atoms with Gasteiger partial charge >= 0.3 is 5.97 Å². The van der Waals surface area contributed by atoms with E-state index >= 15 is 0 Å². The zero-order valence-electron chi connectivity index (χ0n) is 9.35. The first kappa shape index (κ1) is 10.1. The third-order valence-corrected chi connectivity index (χ3v) is 3.04. The number of hydrogen-bond donors (Lipinski definition) is 0. The second-order valence-electron chi connectivity index (χ2n) is 4.12. The summed E-state index contributed by atoms with van der Waals surface area (Å²) in [4.78, 5) is 11.5. The van der Waals surface area contributed by atoms with Gasteiger partial charge < -0.3 is 4.74 Å². The van der Waals surface area contributed by atoms with E-state index in [1.165, 1.54) is 5.56 Å². The first-order valence-electron chi connectivity index (χ1n) is 5.70. The molecule has 0 aromatic heterocycles. The second-order valence-corrected chi connectivity index (χ2v) is 4.12. The van der Waals surface area contributed by atoms with E-state index in [1.807, 2.05) is 30.3 Å². The topological polar surface area (TPSA) is 26.3 Å². The van der Waals surface area contributed by atoms with Gasteiger partial charge in [-0.3, -0.25) is 0 Å². The first-order chi connectivity index (χ1) is 8.34. The predicted octanol–water partition coefficient (Wildman–Crippen LogP) is 3.07. The Morgan fingerprint density at radius 1 is 0.941 bits per heavy atom. The van der Waals surface area contributed by atoms with Gasteiger partial charge in [0.25, 0.3) is 0 Å². The van der Waals surface area contributed by atoms with Gasteiger partial charge in [-0.2, -0.15) is 0 Å². The summed E-state index contributed by atoms with van der Waals surface area (Å²) in [7, 11) is 0. The number of carbonyl (C=O) groups excluding carboxylic acids is 1. The SMILES string of the molecule is O=C1OCCc2cc(-c3ccccc3)ccc21. The van der Waals surface area contributed by atoms with Crippen LogP contribution in [0.15, 0.2) is 48.5 Å². The Kier molecular flexibility index (Phi) is 2.41. The van der Waals surface area contributed by atoms with Crippen molar-refractivity contribution in [2.75, 3.05) is 6.61 Å². The van der Waals surface area contributed by atoms with Crippen molar-refractivity contribution in [3.8, 4) is 11.1 Å². The van der Waals surface area contributed by atoms with E-state index in [1.54, 1.807) is 0 Å². The van der Waals surface area contributed by atoms with Gasteiger partial charge in [0, 0.05) is 6.42 Å². The van der Waals surface area contributed by atoms with Crippen molar-refractivity contribution in [2.45, 2.75) is 6.42 Å². The molecule has 2 aromatic rings. The maximum Gasteiger partial charge on any atom is 0.338 e. The van der Waals surface area contributed by atoms with E-state index in [0.29, 0.717) is 12.2 Å². The Labute approximate surface area is 99.9 Å². The molecule has 0 spiro atoms. The Morgan fingerprint density at radius 3 is 2.59 bits per heavy atom. The average molecular weight is 224 g/mol. The fourth-order valence-electron chi connectivity index (χ4n) is 2.14. The molecular formula is C15H12O2. The van der Waals surface area contributed by atoms with Crippen molar-refractivity contribution in [3.05, 3.63) is 59.7 Å². The Morgan fingerprint density at radius 2 is 1.76 bits per heavy atom. The Balaban J connectivity index is 2.07. The summed E-state index contributed by atoms with van der Waals surface area (Å²) in [6, 6.07) is 16.1. The molecule has 0 amide bonds. The number of cyclic esters (lactones) is 1. The minimum absolute atomic E-state index is 0.203. The third-order valence-electron chi connectivity index (χ3n) is 3.04. The Bertz CT molecular complexity index is 558. The van der Waals surface area contributed by atoms with Crippen LogP contribution in [-0.2, 0) is 11.2 Å². The van der Waals surface area contributed by atoms with Crippen LogP contribution >= 0.6 is 0 Å². The van der Waals surface area contributed by atoms with Gasteiger partial charge in [0.2, 0.25) is 0 Å². The van der Waals surface area contributed by atoms with Crippen molar-refractivity contribution in [1.29, 1.82) is 0 Å².